The Hall–Kier alpha value is -2.19. The molecule has 0 unspecified atom stereocenters. The van der Waals surface area contributed by atoms with Gasteiger partial charge in [-0.2, -0.15) is 0 Å². The molecular weight excluding hydrogens is 274 g/mol. The second kappa shape index (κ2) is 8.18. The molecule has 0 fully saturated rings. The highest BCUT2D eigenvalue weighted by molar-refractivity contribution is 5.95. The van der Waals surface area contributed by atoms with E-state index in [1.807, 2.05) is 14.1 Å². The molecule has 1 rings (SSSR count). The summed E-state index contributed by atoms with van der Waals surface area (Å²) in [4.78, 5) is 24.2. The molecular formula is C13H21N5O3. The van der Waals surface area contributed by atoms with Gasteiger partial charge in [0.1, 0.15) is 5.69 Å². The largest absolute Gasteiger partial charge is 0.352 e. The van der Waals surface area contributed by atoms with Crippen molar-refractivity contribution in [2.24, 2.45) is 5.84 Å². The average molecular weight is 295 g/mol. The van der Waals surface area contributed by atoms with Crippen LogP contribution in [0.1, 0.15) is 23.2 Å². The van der Waals surface area contributed by atoms with E-state index in [1.165, 1.54) is 18.2 Å². The van der Waals surface area contributed by atoms with Gasteiger partial charge in [0.2, 0.25) is 0 Å². The van der Waals surface area contributed by atoms with Crippen molar-refractivity contribution in [3.8, 4) is 0 Å². The molecule has 0 atom stereocenters. The minimum Gasteiger partial charge on any atom is -0.352 e. The molecule has 0 radical (unpaired) electrons. The number of nitrogens with one attached hydrogen (secondary N) is 2. The number of carbonyl (C=O) groups is 1. The molecule has 4 N–H and O–H groups in total. The first-order valence-corrected chi connectivity index (χ1v) is 6.63. The number of unbranched alkanes of at least 4 members (excludes halogenated alkanes) is 1. The Morgan fingerprint density at radius 2 is 2.10 bits per heavy atom. The van der Waals surface area contributed by atoms with Gasteiger partial charge in [-0.15, -0.1) is 0 Å². The first kappa shape index (κ1) is 16.9. The molecule has 0 spiro atoms. The number of hydrogen-bond acceptors (Lipinski definition) is 6. The van der Waals surface area contributed by atoms with Gasteiger partial charge in [0, 0.05) is 18.2 Å². The Bertz CT molecular complexity index is 505. The molecule has 116 valence electrons. The van der Waals surface area contributed by atoms with Gasteiger partial charge in [0.25, 0.3) is 11.6 Å². The van der Waals surface area contributed by atoms with Crippen LogP contribution in [0.4, 0.5) is 11.4 Å². The van der Waals surface area contributed by atoms with Crippen LogP contribution in [-0.4, -0.2) is 42.9 Å². The second-order valence-corrected chi connectivity index (χ2v) is 4.90. The lowest BCUT2D eigenvalue weighted by atomic mass is 10.1. The van der Waals surface area contributed by atoms with E-state index in [9.17, 15) is 14.9 Å². The zero-order chi connectivity index (χ0) is 15.8. The van der Waals surface area contributed by atoms with Crippen molar-refractivity contribution in [3.05, 3.63) is 33.9 Å². The van der Waals surface area contributed by atoms with Gasteiger partial charge in [0.05, 0.1) is 4.92 Å². The van der Waals surface area contributed by atoms with Crippen molar-refractivity contribution in [1.29, 1.82) is 0 Å². The lowest BCUT2D eigenvalue weighted by Crippen LogP contribution is -2.25. The number of amides is 1. The van der Waals surface area contributed by atoms with E-state index in [1.54, 1.807) is 0 Å². The maximum Gasteiger partial charge on any atom is 0.293 e. The predicted octanol–water partition coefficient (Wildman–Crippen LogP) is 0.952. The second-order valence-electron chi connectivity index (χ2n) is 4.90. The van der Waals surface area contributed by atoms with Gasteiger partial charge in [0.15, 0.2) is 0 Å². The van der Waals surface area contributed by atoms with Crippen LogP contribution in [0.2, 0.25) is 0 Å². The Morgan fingerprint density at radius 1 is 1.38 bits per heavy atom. The van der Waals surface area contributed by atoms with E-state index in [4.69, 9.17) is 5.84 Å². The Kier molecular flexibility index (Phi) is 6.57. The van der Waals surface area contributed by atoms with Crippen LogP contribution in [-0.2, 0) is 0 Å². The monoisotopic (exact) mass is 295 g/mol. The minimum absolute atomic E-state index is 0.111. The molecule has 0 aliphatic rings. The summed E-state index contributed by atoms with van der Waals surface area (Å²) in [5.74, 6) is 4.96. The van der Waals surface area contributed by atoms with Gasteiger partial charge in [-0.25, -0.2) is 0 Å². The van der Waals surface area contributed by atoms with Crippen molar-refractivity contribution >= 4 is 17.3 Å². The summed E-state index contributed by atoms with van der Waals surface area (Å²) in [6.07, 6.45) is 1.86. The van der Waals surface area contributed by atoms with Crippen molar-refractivity contribution < 1.29 is 9.72 Å². The third-order valence-corrected chi connectivity index (χ3v) is 2.93. The number of nitro benzene ring substituents is 1. The van der Waals surface area contributed by atoms with Crippen LogP contribution in [0, 0.1) is 10.1 Å². The number of carbonyl (C=O) groups excluding carboxylic acids is 1. The number of nitro groups is 1. The van der Waals surface area contributed by atoms with E-state index in [2.05, 4.69) is 15.6 Å². The van der Waals surface area contributed by atoms with Crippen LogP contribution in [0.5, 0.6) is 0 Å². The predicted molar refractivity (Wildman–Crippen MR) is 81.0 cm³/mol. The molecule has 8 nitrogen and oxygen atoms in total. The van der Waals surface area contributed by atoms with Gasteiger partial charge in [-0.05, 0) is 45.6 Å². The molecule has 0 saturated carbocycles. The third-order valence-electron chi connectivity index (χ3n) is 2.93. The van der Waals surface area contributed by atoms with E-state index in [0.717, 1.165) is 19.4 Å². The summed E-state index contributed by atoms with van der Waals surface area (Å²) in [6.45, 7) is 1.53. The molecule has 1 aromatic carbocycles. The summed E-state index contributed by atoms with van der Waals surface area (Å²) in [6, 6.07) is 4.04. The maximum atomic E-state index is 11.9. The number of nitrogens with two attached hydrogens (primary N) is 1. The highest BCUT2D eigenvalue weighted by Crippen LogP contribution is 2.24. The fourth-order valence-electron chi connectivity index (χ4n) is 1.81. The number of hydrogen-bond donors (Lipinski definition) is 3. The van der Waals surface area contributed by atoms with Crippen molar-refractivity contribution in [2.45, 2.75) is 12.8 Å². The van der Waals surface area contributed by atoms with E-state index >= 15 is 0 Å². The first-order valence-electron chi connectivity index (χ1n) is 6.63. The molecule has 8 heteroatoms. The SMILES string of the molecule is CN(C)CCCCNC(=O)c1ccc([N+](=O)[O-])c(NN)c1. The molecule has 1 amide bonds. The van der Waals surface area contributed by atoms with Crippen LogP contribution in [0.25, 0.3) is 0 Å². The number of nitrogen functional groups attached to an aromatic ring is 1. The number of anilines is 1. The quantitative estimate of drug-likeness (QED) is 0.285. The zero-order valence-corrected chi connectivity index (χ0v) is 12.3. The van der Waals surface area contributed by atoms with Crippen molar-refractivity contribution in [1.82, 2.24) is 10.2 Å². The fourth-order valence-corrected chi connectivity index (χ4v) is 1.81. The molecule has 0 saturated heterocycles. The van der Waals surface area contributed by atoms with Crippen LogP contribution < -0.4 is 16.6 Å². The molecule has 0 aliphatic heterocycles. The molecule has 21 heavy (non-hydrogen) atoms. The average Bonchev–Trinajstić information content (AvgIpc) is 2.45. The topological polar surface area (TPSA) is 114 Å². The highest BCUT2D eigenvalue weighted by Gasteiger charge is 2.15. The minimum atomic E-state index is -0.557. The summed E-state index contributed by atoms with van der Waals surface area (Å²) >= 11 is 0. The van der Waals surface area contributed by atoms with Gasteiger partial charge in [-0.1, -0.05) is 0 Å². The maximum absolute atomic E-state index is 11.9. The lowest BCUT2D eigenvalue weighted by Gasteiger charge is -2.10. The molecule has 0 heterocycles. The van der Waals surface area contributed by atoms with Crippen molar-refractivity contribution in [2.75, 3.05) is 32.6 Å². The van der Waals surface area contributed by atoms with E-state index < -0.39 is 4.92 Å². The third kappa shape index (κ3) is 5.36. The molecule has 1 aromatic rings. The number of rotatable bonds is 8. The van der Waals surface area contributed by atoms with Gasteiger partial charge < -0.3 is 15.6 Å². The number of benzene rings is 1. The van der Waals surface area contributed by atoms with Crippen LogP contribution in [0.3, 0.4) is 0 Å². The Labute approximate surface area is 123 Å². The van der Waals surface area contributed by atoms with E-state index in [-0.39, 0.29) is 17.3 Å². The number of nitrogens with zero attached hydrogens (tertiary/aromatic N) is 2. The smallest absolute Gasteiger partial charge is 0.293 e. The highest BCUT2D eigenvalue weighted by atomic mass is 16.6. The Morgan fingerprint density at radius 3 is 2.67 bits per heavy atom. The van der Waals surface area contributed by atoms with Gasteiger partial charge in [-0.3, -0.25) is 20.8 Å². The van der Waals surface area contributed by atoms with Crippen molar-refractivity contribution in [3.63, 3.8) is 0 Å². The van der Waals surface area contributed by atoms with E-state index in [0.29, 0.717) is 12.1 Å². The molecule has 0 bridgehead atoms. The standard InChI is InChI=1S/C13H21N5O3/c1-17(2)8-4-3-7-15-13(19)10-5-6-12(18(20)21)11(9-10)16-14/h5-6,9,16H,3-4,7-8,14H2,1-2H3,(H,15,19). The summed E-state index contributed by atoms with van der Waals surface area (Å²) in [5.41, 5.74) is 2.51. The molecule has 0 aliphatic carbocycles. The summed E-state index contributed by atoms with van der Waals surface area (Å²) < 4.78 is 0. The summed E-state index contributed by atoms with van der Waals surface area (Å²) in [7, 11) is 3.99. The lowest BCUT2D eigenvalue weighted by molar-refractivity contribution is -0.384. The fraction of sp³-hybridized carbons (Fsp3) is 0.462. The first-order chi connectivity index (χ1) is 9.95. The van der Waals surface area contributed by atoms with Crippen LogP contribution in [0.15, 0.2) is 18.2 Å². The van der Waals surface area contributed by atoms with Gasteiger partial charge >= 0.3 is 0 Å². The molecule has 0 aromatic heterocycles. The van der Waals surface area contributed by atoms with Crippen LogP contribution >= 0.6 is 0 Å². The Balaban J connectivity index is 2.56. The zero-order valence-electron chi connectivity index (χ0n) is 12.3. The number of hydrazine groups is 1. The summed E-state index contributed by atoms with van der Waals surface area (Å²) in [5, 5.41) is 13.5. The normalized spacial score (nSPS) is 10.5.